The molecule has 7 nitrogen and oxygen atoms in total. The SMILES string of the molecule is C[C@@H]1CN(CC2(C(N)=O)CCC2)CCN1S(=O)(=O)c1ccc(C(O)(C(F)(F)F)C(F)(F)F)cc1. The third kappa shape index (κ3) is 4.40. The van der Waals surface area contributed by atoms with E-state index in [4.69, 9.17) is 5.73 Å². The summed E-state index contributed by atoms with van der Waals surface area (Å²) in [6.07, 6.45) is -9.95. The van der Waals surface area contributed by atoms with Crippen LogP contribution in [0.4, 0.5) is 26.3 Å². The summed E-state index contributed by atoms with van der Waals surface area (Å²) in [5.41, 5.74) is -1.79. The molecule has 0 bridgehead atoms. The van der Waals surface area contributed by atoms with Crippen molar-refractivity contribution in [3.8, 4) is 0 Å². The van der Waals surface area contributed by atoms with Crippen LogP contribution in [-0.4, -0.2) is 73.2 Å². The van der Waals surface area contributed by atoms with E-state index in [1.807, 2.05) is 4.90 Å². The first-order valence-corrected chi connectivity index (χ1v) is 11.9. The van der Waals surface area contributed by atoms with Crippen molar-refractivity contribution < 1.29 is 44.7 Å². The van der Waals surface area contributed by atoms with Crippen LogP contribution in [0.25, 0.3) is 0 Å². The molecule has 2 aliphatic rings. The number of sulfonamides is 1. The molecule has 1 heterocycles. The van der Waals surface area contributed by atoms with E-state index >= 15 is 0 Å². The Bertz CT molecular complexity index is 1010. The highest BCUT2D eigenvalue weighted by Gasteiger charge is 2.71. The maximum atomic E-state index is 13.1. The number of primary amides is 1. The molecule has 1 saturated heterocycles. The highest BCUT2D eigenvalue weighted by atomic mass is 32.2. The monoisotopic (exact) mass is 517 g/mol. The van der Waals surface area contributed by atoms with Gasteiger partial charge in [0.05, 0.1) is 10.3 Å². The zero-order valence-corrected chi connectivity index (χ0v) is 19.0. The van der Waals surface area contributed by atoms with E-state index in [1.165, 1.54) is 0 Å². The summed E-state index contributed by atoms with van der Waals surface area (Å²) >= 11 is 0. The fourth-order valence-corrected chi connectivity index (χ4v) is 6.14. The number of hydrogen-bond donors (Lipinski definition) is 2. The van der Waals surface area contributed by atoms with E-state index in [0.29, 0.717) is 43.7 Å². The number of carbonyl (C=O) groups excluding carboxylic acids is 1. The van der Waals surface area contributed by atoms with Crippen LogP contribution in [0.2, 0.25) is 0 Å². The minimum absolute atomic E-state index is 0.00906. The van der Waals surface area contributed by atoms with Gasteiger partial charge in [-0.1, -0.05) is 18.6 Å². The molecule has 14 heteroatoms. The van der Waals surface area contributed by atoms with Crippen LogP contribution in [0.1, 0.15) is 31.7 Å². The highest BCUT2D eigenvalue weighted by Crippen LogP contribution is 2.50. The molecule has 2 fully saturated rings. The summed E-state index contributed by atoms with van der Waals surface area (Å²) in [6, 6.07) is 1.26. The Labute approximate surface area is 192 Å². The second-order valence-electron chi connectivity index (χ2n) is 8.93. The molecule has 1 aromatic carbocycles. The number of alkyl halides is 6. The third-order valence-electron chi connectivity index (χ3n) is 6.71. The van der Waals surface area contributed by atoms with Crippen molar-refractivity contribution in [1.82, 2.24) is 9.21 Å². The van der Waals surface area contributed by atoms with E-state index in [9.17, 15) is 44.7 Å². The van der Waals surface area contributed by atoms with Crippen LogP contribution in [0, 0.1) is 5.41 Å². The second kappa shape index (κ2) is 8.64. The molecule has 1 aromatic rings. The topological polar surface area (TPSA) is 104 Å². The van der Waals surface area contributed by atoms with Crippen LogP contribution in [0.5, 0.6) is 0 Å². The van der Waals surface area contributed by atoms with Gasteiger partial charge in [0, 0.05) is 37.8 Å². The zero-order chi connectivity index (χ0) is 25.7. The summed E-state index contributed by atoms with van der Waals surface area (Å²) in [5.74, 6) is -0.404. The van der Waals surface area contributed by atoms with Gasteiger partial charge in [-0.2, -0.15) is 30.6 Å². The lowest BCUT2D eigenvalue weighted by Gasteiger charge is -2.46. The average molecular weight is 517 g/mol. The van der Waals surface area contributed by atoms with Gasteiger partial charge in [0.15, 0.2) is 0 Å². The van der Waals surface area contributed by atoms with Gasteiger partial charge in [-0.3, -0.25) is 9.69 Å². The van der Waals surface area contributed by atoms with Gasteiger partial charge < -0.3 is 10.8 Å². The summed E-state index contributed by atoms with van der Waals surface area (Å²) in [5, 5.41) is 9.48. The van der Waals surface area contributed by atoms with Crippen LogP contribution in [0.3, 0.4) is 0 Å². The molecule has 34 heavy (non-hydrogen) atoms. The van der Waals surface area contributed by atoms with E-state index in [2.05, 4.69) is 0 Å². The lowest BCUT2D eigenvalue weighted by atomic mass is 9.68. The van der Waals surface area contributed by atoms with Gasteiger partial charge in [-0.05, 0) is 31.9 Å². The van der Waals surface area contributed by atoms with Crippen molar-refractivity contribution in [2.24, 2.45) is 11.1 Å². The summed E-state index contributed by atoms with van der Waals surface area (Å²) in [4.78, 5) is 13.2. The van der Waals surface area contributed by atoms with E-state index in [0.717, 1.165) is 10.7 Å². The van der Waals surface area contributed by atoms with Gasteiger partial charge in [0.25, 0.3) is 5.60 Å². The van der Waals surface area contributed by atoms with Crippen LogP contribution >= 0.6 is 0 Å². The lowest BCUT2D eigenvalue weighted by molar-refractivity contribution is -0.376. The Balaban J connectivity index is 1.79. The average Bonchev–Trinajstić information content (AvgIpc) is 2.68. The first-order chi connectivity index (χ1) is 15.5. The highest BCUT2D eigenvalue weighted by molar-refractivity contribution is 7.89. The molecule has 0 radical (unpaired) electrons. The van der Waals surface area contributed by atoms with E-state index in [1.54, 1.807) is 6.92 Å². The smallest absolute Gasteiger partial charge is 0.369 e. The van der Waals surface area contributed by atoms with Gasteiger partial charge in [-0.15, -0.1) is 0 Å². The van der Waals surface area contributed by atoms with Crippen LogP contribution in [-0.2, 0) is 20.4 Å². The molecule has 1 aliphatic heterocycles. The second-order valence-corrected chi connectivity index (χ2v) is 10.8. The number of halogens is 6. The molecule has 1 saturated carbocycles. The van der Waals surface area contributed by atoms with Crippen molar-refractivity contribution in [1.29, 1.82) is 0 Å². The predicted molar refractivity (Wildman–Crippen MR) is 108 cm³/mol. The molecule has 1 atom stereocenters. The molecule has 192 valence electrons. The number of carbonyl (C=O) groups is 1. The van der Waals surface area contributed by atoms with Crippen molar-refractivity contribution in [2.75, 3.05) is 26.2 Å². The summed E-state index contributed by atoms with van der Waals surface area (Å²) < 4.78 is 106. The molecule has 1 amide bonds. The maximum Gasteiger partial charge on any atom is 0.430 e. The van der Waals surface area contributed by atoms with Gasteiger partial charge in [0.2, 0.25) is 15.9 Å². The molecule has 1 aliphatic carbocycles. The maximum absolute atomic E-state index is 13.1. The van der Waals surface area contributed by atoms with E-state index < -0.39 is 55.8 Å². The first kappa shape index (κ1) is 26.7. The zero-order valence-electron chi connectivity index (χ0n) is 18.2. The van der Waals surface area contributed by atoms with Crippen molar-refractivity contribution >= 4 is 15.9 Å². The lowest BCUT2D eigenvalue weighted by Crippen LogP contribution is -2.58. The molecular formula is C20H25F6N3O4S. The molecule has 0 aromatic heterocycles. The number of aliphatic hydroxyl groups is 1. The predicted octanol–water partition coefficient (Wildman–Crippen LogP) is 2.35. The number of benzene rings is 1. The normalized spacial score (nSPS) is 22.9. The van der Waals surface area contributed by atoms with Crippen LogP contribution < -0.4 is 5.73 Å². The van der Waals surface area contributed by atoms with Crippen LogP contribution in [0.15, 0.2) is 29.2 Å². The minimum Gasteiger partial charge on any atom is -0.369 e. The fourth-order valence-electron chi connectivity index (χ4n) is 4.52. The van der Waals surface area contributed by atoms with Crippen molar-refractivity contribution in [2.45, 2.75) is 55.1 Å². The Kier molecular flexibility index (Phi) is 6.79. The minimum atomic E-state index is -6.07. The quantitative estimate of drug-likeness (QED) is 0.564. The Morgan fingerprint density at radius 3 is 2.00 bits per heavy atom. The molecule has 3 N–H and O–H groups in total. The number of hydrogen-bond acceptors (Lipinski definition) is 5. The van der Waals surface area contributed by atoms with Crippen molar-refractivity contribution in [3.05, 3.63) is 29.8 Å². The number of rotatable bonds is 6. The molecule has 3 rings (SSSR count). The Morgan fingerprint density at radius 1 is 1.09 bits per heavy atom. The summed E-state index contributed by atoms with van der Waals surface area (Å²) in [7, 11) is -4.25. The van der Waals surface area contributed by atoms with Gasteiger partial charge in [0.1, 0.15) is 0 Å². The summed E-state index contributed by atoms with van der Waals surface area (Å²) in [6.45, 7) is 2.56. The number of nitrogens with two attached hydrogens (primary N) is 1. The largest absolute Gasteiger partial charge is 0.430 e. The number of nitrogens with zero attached hydrogens (tertiary/aromatic N) is 2. The Hall–Kier alpha value is -1.90. The number of piperazine rings is 1. The number of amides is 1. The third-order valence-corrected chi connectivity index (χ3v) is 8.74. The molecule has 0 unspecified atom stereocenters. The van der Waals surface area contributed by atoms with Gasteiger partial charge in [-0.25, -0.2) is 8.42 Å². The van der Waals surface area contributed by atoms with Gasteiger partial charge >= 0.3 is 12.4 Å². The molecule has 0 spiro atoms. The Morgan fingerprint density at radius 2 is 1.62 bits per heavy atom. The standard InChI is InChI=1S/C20H25F6N3O4S/c1-13-11-28(12-17(16(27)30)7-2-8-17)9-10-29(13)34(32,33)15-5-3-14(4-6-15)18(31,19(21,22)23)20(24,25)26/h3-6,13,31H,2,7-12H2,1H3,(H2,27,30)/t13-/m1/s1. The van der Waals surface area contributed by atoms with E-state index in [-0.39, 0.29) is 19.6 Å². The van der Waals surface area contributed by atoms with Crippen molar-refractivity contribution in [3.63, 3.8) is 0 Å². The fraction of sp³-hybridized carbons (Fsp3) is 0.650. The molecular weight excluding hydrogens is 492 g/mol. The first-order valence-electron chi connectivity index (χ1n) is 10.5.